The van der Waals surface area contributed by atoms with Gasteiger partial charge in [0.1, 0.15) is 11.6 Å². The van der Waals surface area contributed by atoms with Gasteiger partial charge in [-0.15, -0.1) is 0 Å². The van der Waals surface area contributed by atoms with Crippen molar-refractivity contribution in [2.45, 2.75) is 0 Å². The quantitative estimate of drug-likeness (QED) is 0.809. The molecule has 2 aromatic heterocycles. The lowest BCUT2D eigenvalue weighted by Gasteiger charge is -2.11. The van der Waals surface area contributed by atoms with Gasteiger partial charge >= 0.3 is 0 Å². The number of pyridine rings is 1. The van der Waals surface area contributed by atoms with Crippen molar-refractivity contribution in [1.29, 1.82) is 0 Å². The van der Waals surface area contributed by atoms with Crippen molar-refractivity contribution in [3.05, 3.63) is 72.6 Å². The molecule has 1 aromatic carbocycles. The van der Waals surface area contributed by atoms with E-state index >= 15 is 0 Å². The fourth-order valence-electron chi connectivity index (χ4n) is 1.97. The van der Waals surface area contributed by atoms with Crippen LogP contribution in [0.4, 0.5) is 14.5 Å². The van der Waals surface area contributed by atoms with Gasteiger partial charge in [0.05, 0.1) is 29.5 Å². The zero-order chi connectivity index (χ0) is 15.5. The number of hydrogen-bond acceptors (Lipinski definition) is 3. The summed E-state index contributed by atoms with van der Waals surface area (Å²) in [5.74, 6) is -2.24. The number of carbonyl (C=O) groups excluding carboxylic acids is 1. The Labute approximate surface area is 124 Å². The van der Waals surface area contributed by atoms with Gasteiger partial charge in [0, 0.05) is 18.6 Å². The Kier molecular flexibility index (Phi) is 3.61. The van der Waals surface area contributed by atoms with E-state index in [0.29, 0.717) is 11.4 Å². The van der Waals surface area contributed by atoms with Gasteiger partial charge in [-0.1, -0.05) is 0 Å². The number of nitrogens with one attached hydrogen (secondary N) is 1. The van der Waals surface area contributed by atoms with Gasteiger partial charge in [-0.05, 0) is 24.3 Å². The minimum absolute atomic E-state index is 0.356. The third kappa shape index (κ3) is 2.69. The number of imidazole rings is 1. The molecule has 0 atom stereocenters. The molecule has 0 radical (unpaired) electrons. The van der Waals surface area contributed by atoms with Crippen LogP contribution in [-0.4, -0.2) is 20.4 Å². The molecule has 0 fully saturated rings. The van der Waals surface area contributed by atoms with E-state index in [4.69, 9.17) is 0 Å². The summed E-state index contributed by atoms with van der Waals surface area (Å²) in [6.07, 6.45) is 7.79. The normalized spacial score (nSPS) is 10.5. The molecule has 1 N–H and O–H groups in total. The number of benzene rings is 1. The highest BCUT2D eigenvalue weighted by Gasteiger charge is 2.15. The van der Waals surface area contributed by atoms with Gasteiger partial charge < -0.3 is 9.88 Å². The van der Waals surface area contributed by atoms with Gasteiger partial charge in [0.25, 0.3) is 5.91 Å². The van der Waals surface area contributed by atoms with Crippen LogP contribution < -0.4 is 5.32 Å². The topological polar surface area (TPSA) is 59.8 Å². The van der Waals surface area contributed by atoms with Crippen molar-refractivity contribution in [1.82, 2.24) is 14.5 Å². The zero-order valence-corrected chi connectivity index (χ0v) is 11.2. The lowest BCUT2D eigenvalue weighted by Crippen LogP contribution is -2.15. The smallest absolute Gasteiger partial charge is 0.258 e. The molecule has 3 aromatic rings. The summed E-state index contributed by atoms with van der Waals surface area (Å²) >= 11 is 0. The number of hydrogen-bond donors (Lipinski definition) is 1. The van der Waals surface area contributed by atoms with Crippen molar-refractivity contribution < 1.29 is 13.6 Å². The third-order valence-corrected chi connectivity index (χ3v) is 3.00. The minimum atomic E-state index is -0.799. The number of amides is 1. The van der Waals surface area contributed by atoms with Crippen LogP contribution >= 0.6 is 0 Å². The molecule has 7 heteroatoms. The van der Waals surface area contributed by atoms with E-state index in [1.807, 2.05) is 0 Å². The first-order valence-electron chi connectivity index (χ1n) is 6.34. The summed E-state index contributed by atoms with van der Waals surface area (Å²) in [4.78, 5) is 20.0. The van der Waals surface area contributed by atoms with Gasteiger partial charge in [-0.2, -0.15) is 0 Å². The number of anilines is 1. The molecule has 2 heterocycles. The fourth-order valence-corrected chi connectivity index (χ4v) is 1.97. The SMILES string of the molecule is O=C(Nc1cnccc1-n1ccnc1)c1cc(F)ccc1F. The van der Waals surface area contributed by atoms with E-state index < -0.39 is 17.5 Å². The third-order valence-electron chi connectivity index (χ3n) is 3.00. The highest BCUT2D eigenvalue weighted by Crippen LogP contribution is 2.20. The van der Waals surface area contributed by atoms with Crippen LogP contribution in [0.25, 0.3) is 5.69 Å². The first kappa shape index (κ1) is 13.9. The predicted octanol–water partition coefficient (Wildman–Crippen LogP) is 2.80. The first-order valence-corrected chi connectivity index (χ1v) is 6.34. The van der Waals surface area contributed by atoms with E-state index in [9.17, 15) is 13.6 Å². The molecule has 22 heavy (non-hydrogen) atoms. The molecule has 0 aliphatic rings. The lowest BCUT2D eigenvalue weighted by atomic mass is 10.2. The number of rotatable bonds is 3. The molecule has 110 valence electrons. The van der Waals surface area contributed by atoms with Crippen molar-refractivity contribution in [3.8, 4) is 5.69 Å². The molecule has 0 bridgehead atoms. The largest absolute Gasteiger partial charge is 0.319 e. The monoisotopic (exact) mass is 300 g/mol. The molecule has 5 nitrogen and oxygen atoms in total. The predicted molar refractivity (Wildman–Crippen MR) is 75.7 cm³/mol. The van der Waals surface area contributed by atoms with Gasteiger partial charge in [0.2, 0.25) is 0 Å². The maximum Gasteiger partial charge on any atom is 0.258 e. The molecule has 3 rings (SSSR count). The number of halogens is 2. The second-order valence-corrected chi connectivity index (χ2v) is 4.44. The highest BCUT2D eigenvalue weighted by molar-refractivity contribution is 6.05. The number of nitrogens with zero attached hydrogens (tertiary/aromatic N) is 3. The Morgan fingerprint density at radius 2 is 2.00 bits per heavy atom. The Hall–Kier alpha value is -3.09. The average molecular weight is 300 g/mol. The zero-order valence-electron chi connectivity index (χ0n) is 11.2. The molecular weight excluding hydrogens is 290 g/mol. The van der Waals surface area contributed by atoms with Crippen LogP contribution in [-0.2, 0) is 0 Å². The van der Waals surface area contributed by atoms with Crippen LogP contribution in [0.15, 0.2) is 55.4 Å². The van der Waals surface area contributed by atoms with Crippen LogP contribution in [0.5, 0.6) is 0 Å². The summed E-state index contributed by atoms with van der Waals surface area (Å²) in [6.45, 7) is 0. The van der Waals surface area contributed by atoms with E-state index in [2.05, 4.69) is 15.3 Å². The molecule has 0 saturated carbocycles. The standard InChI is InChI=1S/C15H10F2N4O/c16-10-1-2-12(17)11(7-10)15(22)20-13-8-18-4-3-14(13)21-6-5-19-9-21/h1-9H,(H,20,22). The van der Waals surface area contributed by atoms with E-state index in [1.54, 1.807) is 35.6 Å². The summed E-state index contributed by atoms with van der Waals surface area (Å²) in [6, 6.07) is 4.37. The lowest BCUT2D eigenvalue weighted by molar-refractivity contribution is 0.102. The van der Waals surface area contributed by atoms with Crippen LogP contribution in [0, 0.1) is 11.6 Å². The van der Waals surface area contributed by atoms with Crippen molar-refractivity contribution in [3.63, 3.8) is 0 Å². The Bertz CT molecular complexity index is 818. The van der Waals surface area contributed by atoms with Crippen LogP contribution in [0.3, 0.4) is 0 Å². The second kappa shape index (κ2) is 5.72. The van der Waals surface area contributed by atoms with Gasteiger partial charge in [-0.25, -0.2) is 13.8 Å². The van der Waals surface area contributed by atoms with E-state index in [0.717, 1.165) is 18.2 Å². The summed E-state index contributed by atoms with van der Waals surface area (Å²) in [5, 5.41) is 2.53. The molecule has 0 aliphatic carbocycles. The van der Waals surface area contributed by atoms with Crippen LogP contribution in [0.1, 0.15) is 10.4 Å². The molecule has 0 unspecified atom stereocenters. The van der Waals surface area contributed by atoms with Gasteiger partial charge in [0.15, 0.2) is 0 Å². The summed E-state index contributed by atoms with van der Waals surface area (Å²) < 4.78 is 28.5. The summed E-state index contributed by atoms with van der Waals surface area (Å²) in [5.41, 5.74) is 0.590. The average Bonchev–Trinajstić information content (AvgIpc) is 3.04. The molecule has 1 amide bonds. The van der Waals surface area contributed by atoms with Crippen molar-refractivity contribution >= 4 is 11.6 Å². The van der Waals surface area contributed by atoms with E-state index in [1.165, 1.54) is 6.20 Å². The molecular formula is C15H10F2N4O. The maximum atomic E-state index is 13.6. The Morgan fingerprint density at radius 1 is 1.14 bits per heavy atom. The molecule has 0 spiro atoms. The number of carbonyl (C=O) groups is 1. The van der Waals surface area contributed by atoms with Crippen LogP contribution in [0.2, 0.25) is 0 Å². The minimum Gasteiger partial charge on any atom is -0.319 e. The number of aromatic nitrogens is 3. The highest BCUT2D eigenvalue weighted by atomic mass is 19.1. The van der Waals surface area contributed by atoms with Crippen molar-refractivity contribution in [2.24, 2.45) is 0 Å². The molecule has 0 aliphatic heterocycles. The first-order chi connectivity index (χ1) is 10.6. The van der Waals surface area contributed by atoms with Crippen molar-refractivity contribution in [2.75, 3.05) is 5.32 Å². The summed E-state index contributed by atoms with van der Waals surface area (Å²) in [7, 11) is 0. The van der Waals surface area contributed by atoms with E-state index in [-0.39, 0.29) is 5.56 Å². The maximum absolute atomic E-state index is 13.6. The van der Waals surface area contributed by atoms with Gasteiger partial charge in [-0.3, -0.25) is 9.78 Å². The Balaban J connectivity index is 1.94. The Morgan fingerprint density at radius 3 is 2.77 bits per heavy atom. The molecule has 0 saturated heterocycles. The fraction of sp³-hybridized carbons (Fsp3) is 0. The second-order valence-electron chi connectivity index (χ2n) is 4.44.